The molecule has 0 aliphatic rings. The highest BCUT2D eigenvalue weighted by molar-refractivity contribution is 7.19. The number of nitrogens with zero attached hydrogens (tertiary/aromatic N) is 4. The van der Waals surface area contributed by atoms with Gasteiger partial charge >= 0.3 is 0 Å². The van der Waals surface area contributed by atoms with Gasteiger partial charge in [-0.1, -0.05) is 17.4 Å². The van der Waals surface area contributed by atoms with Crippen LogP contribution in [0.1, 0.15) is 21.6 Å². The second-order valence-electron chi connectivity index (χ2n) is 6.20. The molecule has 2 aromatic heterocycles. The summed E-state index contributed by atoms with van der Waals surface area (Å²) in [7, 11) is 3.69. The van der Waals surface area contributed by atoms with E-state index in [2.05, 4.69) is 26.3 Å². The highest BCUT2D eigenvalue weighted by Crippen LogP contribution is 2.33. The van der Waals surface area contributed by atoms with Gasteiger partial charge in [-0.05, 0) is 43.2 Å². The molecule has 0 fully saturated rings. The highest BCUT2D eigenvalue weighted by atomic mass is 32.1. The number of aryl methyl sites for hydroxylation is 2. The Morgan fingerprint density at radius 1 is 1.15 bits per heavy atom. The van der Waals surface area contributed by atoms with Crippen molar-refractivity contribution in [3.63, 3.8) is 0 Å². The van der Waals surface area contributed by atoms with Crippen molar-refractivity contribution in [2.75, 3.05) is 24.3 Å². The predicted octanol–water partition coefficient (Wildman–Crippen LogP) is 3.13. The fourth-order valence-corrected chi connectivity index (χ4v) is 3.56. The van der Waals surface area contributed by atoms with E-state index >= 15 is 0 Å². The lowest BCUT2D eigenvalue weighted by atomic mass is 10.1. The highest BCUT2D eigenvalue weighted by Gasteiger charge is 2.19. The zero-order chi connectivity index (χ0) is 18.8. The van der Waals surface area contributed by atoms with E-state index in [1.165, 1.54) is 11.3 Å². The van der Waals surface area contributed by atoms with Gasteiger partial charge in [0.05, 0.1) is 0 Å². The summed E-state index contributed by atoms with van der Waals surface area (Å²) in [4.78, 5) is 26.6. The van der Waals surface area contributed by atoms with E-state index in [9.17, 15) is 4.79 Å². The van der Waals surface area contributed by atoms with E-state index in [1.54, 1.807) is 12.3 Å². The molecule has 26 heavy (non-hydrogen) atoms. The Morgan fingerprint density at radius 3 is 2.42 bits per heavy atom. The maximum atomic E-state index is 11.6. The first-order chi connectivity index (χ1) is 12.3. The van der Waals surface area contributed by atoms with Crippen molar-refractivity contribution < 1.29 is 4.79 Å². The number of nitrogens with one attached hydrogen (secondary N) is 1. The van der Waals surface area contributed by atoms with Crippen LogP contribution in [0, 0.1) is 13.8 Å². The first-order valence-corrected chi connectivity index (χ1v) is 8.82. The first kappa shape index (κ1) is 17.8. The molecule has 1 amide bonds. The molecule has 7 nitrogen and oxygen atoms in total. The molecule has 3 aromatic rings. The largest absolute Gasteiger partial charge is 0.368 e. The van der Waals surface area contributed by atoms with Crippen molar-refractivity contribution in [1.29, 1.82) is 0 Å². The number of nitrogens with two attached hydrogens (primary N) is 1. The van der Waals surface area contributed by atoms with Crippen LogP contribution in [0.2, 0.25) is 0 Å². The van der Waals surface area contributed by atoms with Crippen LogP contribution in [0.3, 0.4) is 0 Å². The molecule has 2 heterocycles. The molecule has 1 aromatic carbocycles. The van der Waals surface area contributed by atoms with Gasteiger partial charge in [0, 0.05) is 26.0 Å². The molecule has 0 atom stereocenters. The number of benzene rings is 1. The number of carbonyl (C=O) groups is 1. The van der Waals surface area contributed by atoms with E-state index in [1.807, 2.05) is 45.0 Å². The molecular formula is C18H20N6OS. The van der Waals surface area contributed by atoms with E-state index in [-0.39, 0.29) is 5.69 Å². The average molecular weight is 368 g/mol. The average Bonchev–Trinajstić information content (AvgIpc) is 3.00. The van der Waals surface area contributed by atoms with Crippen molar-refractivity contribution in [3.8, 4) is 10.7 Å². The molecule has 3 rings (SSSR count). The number of amides is 1. The monoisotopic (exact) mass is 368 g/mol. The third-order valence-corrected chi connectivity index (χ3v) is 4.85. The number of hydrogen-bond donors (Lipinski definition) is 2. The smallest absolute Gasteiger partial charge is 0.270 e. The lowest BCUT2D eigenvalue weighted by molar-refractivity contribution is 0.0997. The van der Waals surface area contributed by atoms with Crippen LogP contribution in [0.25, 0.3) is 10.7 Å². The Kier molecular flexibility index (Phi) is 4.85. The molecule has 3 N–H and O–H groups in total. The van der Waals surface area contributed by atoms with E-state index in [0.717, 1.165) is 16.8 Å². The summed E-state index contributed by atoms with van der Waals surface area (Å²) in [5.41, 5.74) is 9.55. The Bertz CT molecular complexity index is 946. The zero-order valence-electron chi connectivity index (χ0n) is 15.1. The minimum Gasteiger partial charge on any atom is -0.368 e. The lowest BCUT2D eigenvalue weighted by Gasteiger charge is -2.09. The van der Waals surface area contributed by atoms with E-state index in [0.29, 0.717) is 21.7 Å². The second-order valence-corrected chi connectivity index (χ2v) is 7.18. The van der Waals surface area contributed by atoms with Crippen LogP contribution in [0.4, 0.5) is 16.6 Å². The number of rotatable bonds is 5. The van der Waals surface area contributed by atoms with Crippen molar-refractivity contribution >= 4 is 33.9 Å². The van der Waals surface area contributed by atoms with Gasteiger partial charge in [0.15, 0.2) is 5.69 Å². The summed E-state index contributed by atoms with van der Waals surface area (Å²) in [6, 6.07) is 7.92. The predicted molar refractivity (Wildman–Crippen MR) is 105 cm³/mol. The standard InChI is InChI=1S/C18H20N6OS/c1-10-7-11(2)9-12(8-10)21-18-20-6-5-13(22-18)16-23-14(15(19)25)17(26-16)24(3)4/h5-9H,1-4H3,(H2,19,25)(H,20,21,22). The number of hydrogen-bond acceptors (Lipinski definition) is 7. The summed E-state index contributed by atoms with van der Waals surface area (Å²) in [5, 5.41) is 4.54. The van der Waals surface area contributed by atoms with Crippen molar-refractivity contribution in [1.82, 2.24) is 15.0 Å². The van der Waals surface area contributed by atoms with Gasteiger partial charge in [-0.15, -0.1) is 0 Å². The number of carbonyl (C=O) groups excluding carboxylic acids is 1. The fourth-order valence-electron chi connectivity index (χ4n) is 2.60. The fraction of sp³-hybridized carbons (Fsp3) is 0.222. The van der Waals surface area contributed by atoms with E-state index in [4.69, 9.17) is 5.73 Å². The molecule has 0 aliphatic carbocycles. The van der Waals surface area contributed by atoms with Gasteiger partial charge in [-0.3, -0.25) is 4.79 Å². The molecule has 0 saturated carbocycles. The molecule has 134 valence electrons. The van der Waals surface area contributed by atoms with Crippen LogP contribution in [0.15, 0.2) is 30.5 Å². The molecule has 0 saturated heterocycles. The van der Waals surface area contributed by atoms with Gasteiger partial charge in [0.1, 0.15) is 15.7 Å². The van der Waals surface area contributed by atoms with Gasteiger partial charge in [-0.25, -0.2) is 15.0 Å². The molecule has 0 bridgehead atoms. The number of thiazole rings is 1. The van der Waals surface area contributed by atoms with Crippen LogP contribution in [0.5, 0.6) is 0 Å². The van der Waals surface area contributed by atoms with Gasteiger partial charge in [0.2, 0.25) is 5.95 Å². The van der Waals surface area contributed by atoms with E-state index < -0.39 is 5.91 Å². The summed E-state index contributed by atoms with van der Waals surface area (Å²) in [5.74, 6) is -0.0893. The second kappa shape index (κ2) is 7.09. The Morgan fingerprint density at radius 2 is 1.85 bits per heavy atom. The maximum absolute atomic E-state index is 11.6. The molecule has 8 heteroatoms. The van der Waals surface area contributed by atoms with Crippen LogP contribution in [-0.2, 0) is 0 Å². The van der Waals surface area contributed by atoms with Crippen LogP contribution < -0.4 is 16.0 Å². The van der Waals surface area contributed by atoms with Crippen LogP contribution in [-0.4, -0.2) is 35.0 Å². The number of primary amides is 1. The van der Waals surface area contributed by atoms with Gasteiger partial charge in [-0.2, -0.15) is 0 Å². The normalized spacial score (nSPS) is 10.6. The Labute approximate surface area is 155 Å². The minimum absolute atomic E-state index is 0.248. The summed E-state index contributed by atoms with van der Waals surface area (Å²) in [6.07, 6.45) is 1.66. The molecule has 0 spiro atoms. The minimum atomic E-state index is -0.557. The molecule has 0 radical (unpaired) electrons. The molecule has 0 unspecified atom stereocenters. The van der Waals surface area contributed by atoms with Gasteiger partial charge in [0.25, 0.3) is 5.91 Å². The first-order valence-electron chi connectivity index (χ1n) is 8.00. The van der Waals surface area contributed by atoms with Crippen molar-refractivity contribution in [2.45, 2.75) is 13.8 Å². The number of aromatic nitrogens is 3. The van der Waals surface area contributed by atoms with Gasteiger partial charge < -0.3 is 16.0 Å². The SMILES string of the molecule is Cc1cc(C)cc(Nc2nccc(-c3nc(C(N)=O)c(N(C)C)s3)n2)c1. The molecule has 0 aliphatic heterocycles. The van der Waals surface area contributed by atoms with Crippen molar-refractivity contribution in [3.05, 3.63) is 47.3 Å². The Balaban J connectivity index is 1.94. The number of anilines is 3. The summed E-state index contributed by atoms with van der Waals surface area (Å²) >= 11 is 1.36. The Hall–Kier alpha value is -3.00. The third-order valence-electron chi connectivity index (χ3n) is 3.60. The third kappa shape index (κ3) is 3.80. The van der Waals surface area contributed by atoms with Crippen LogP contribution >= 0.6 is 11.3 Å². The quantitative estimate of drug-likeness (QED) is 0.718. The maximum Gasteiger partial charge on any atom is 0.270 e. The summed E-state index contributed by atoms with van der Waals surface area (Å²) < 4.78 is 0. The zero-order valence-corrected chi connectivity index (χ0v) is 15.9. The topological polar surface area (TPSA) is 97.0 Å². The molecular weight excluding hydrogens is 348 g/mol. The summed E-state index contributed by atoms with van der Waals surface area (Å²) in [6.45, 7) is 4.08. The lowest BCUT2D eigenvalue weighted by Crippen LogP contribution is -2.17. The van der Waals surface area contributed by atoms with Crippen molar-refractivity contribution in [2.24, 2.45) is 5.73 Å².